The Hall–Kier alpha value is -2.69. The molecule has 8 nitrogen and oxygen atoms in total. The maximum absolute atomic E-state index is 13.1. The van der Waals surface area contributed by atoms with Gasteiger partial charge in [-0.15, -0.1) is 11.3 Å². The van der Waals surface area contributed by atoms with Gasteiger partial charge in [0.1, 0.15) is 5.00 Å². The third kappa shape index (κ3) is 4.40. The van der Waals surface area contributed by atoms with E-state index in [1.54, 1.807) is 34.2 Å². The summed E-state index contributed by atoms with van der Waals surface area (Å²) < 4.78 is 7.29. The summed E-state index contributed by atoms with van der Waals surface area (Å²) in [6.45, 7) is 1.09. The van der Waals surface area contributed by atoms with Crippen LogP contribution in [0.5, 0.6) is 0 Å². The second-order valence-corrected chi connectivity index (χ2v) is 8.69. The Labute approximate surface area is 180 Å². The largest absolute Gasteiger partial charge is 0.376 e. The Bertz CT molecular complexity index is 1150. The van der Waals surface area contributed by atoms with Crippen LogP contribution in [0.2, 0.25) is 0 Å². The van der Waals surface area contributed by atoms with Crippen molar-refractivity contribution in [3.8, 4) is 0 Å². The molecule has 1 fully saturated rings. The Morgan fingerprint density at radius 1 is 1.33 bits per heavy atom. The number of anilines is 1. The lowest BCUT2D eigenvalue weighted by Gasteiger charge is -2.16. The molecule has 0 aliphatic carbocycles. The summed E-state index contributed by atoms with van der Waals surface area (Å²) in [5.41, 5.74) is 6.03. The predicted octanol–water partition coefficient (Wildman–Crippen LogP) is 2.47. The van der Waals surface area contributed by atoms with Crippen molar-refractivity contribution in [1.29, 1.82) is 0 Å². The molecule has 1 aliphatic heterocycles. The minimum Gasteiger partial charge on any atom is -0.376 e. The van der Waals surface area contributed by atoms with Crippen LogP contribution in [-0.2, 0) is 16.1 Å². The normalized spacial score (nSPS) is 16.1. The van der Waals surface area contributed by atoms with E-state index >= 15 is 0 Å². The Kier molecular flexibility index (Phi) is 6.16. The van der Waals surface area contributed by atoms with E-state index in [9.17, 15) is 14.4 Å². The number of hydrogen-bond acceptors (Lipinski definition) is 7. The van der Waals surface area contributed by atoms with Gasteiger partial charge in [-0.1, -0.05) is 23.9 Å². The minimum absolute atomic E-state index is 0.0341. The molecular weight excluding hydrogens is 424 g/mol. The van der Waals surface area contributed by atoms with Crippen LogP contribution in [0.3, 0.4) is 0 Å². The molecule has 3 N–H and O–H groups in total. The highest BCUT2D eigenvalue weighted by molar-refractivity contribution is 7.99. The minimum atomic E-state index is -0.596. The number of hydrogen-bond donors (Lipinski definition) is 2. The van der Waals surface area contributed by atoms with Gasteiger partial charge in [-0.3, -0.25) is 19.0 Å². The number of benzene rings is 1. The number of thioether (sulfide) groups is 1. The van der Waals surface area contributed by atoms with Crippen molar-refractivity contribution in [2.24, 2.45) is 5.73 Å². The van der Waals surface area contributed by atoms with Crippen molar-refractivity contribution in [1.82, 2.24) is 9.55 Å². The molecule has 4 rings (SSSR count). The van der Waals surface area contributed by atoms with Crippen molar-refractivity contribution in [2.75, 3.05) is 17.7 Å². The first-order chi connectivity index (χ1) is 14.5. The molecule has 1 saturated heterocycles. The number of nitrogens with one attached hydrogen (secondary N) is 1. The zero-order valence-corrected chi connectivity index (χ0v) is 17.6. The number of carbonyl (C=O) groups is 2. The number of fused-ring (bicyclic) bond motifs is 1. The van der Waals surface area contributed by atoms with Crippen LogP contribution >= 0.6 is 23.1 Å². The van der Waals surface area contributed by atoms with E-state index in [1.807, 2.05) is 6.07 Å². The highest BCUT2D eigenvalue weighted by atomic mass is 32.2. The maximum Gasteiger partial charge on any atom is 0.262 e. The number of nitrogens with zero attached hydrogens (tertiary/aromatic N) is 2. The Morgan fingerprint density at radius 2 is 2.17 bits per heavy atom. The van der Waals surface area contributed by atoms with Crippen LogP contribution in [0.1, 0.15) is 23.2 Å². The summed E-state index contributed by atoms with van der Waals surface area (Å²) in [5, 5.41) is 5.80. The third-order valence-electron chi connectivity index (χ3n) is 4.75. The number of amides is 2. The smallest absolute Gasteiger partial charge is 0.262 e. The van der Waals surface area contributed by atoms with Gasteiger partial charge >= 0.3 is 0 Å². The number of para-hydroxylation sites is 1. The van der Waals surface area contributed by atoms with E-state index in [1.165, 1.54) is 23.1 Å². The summed E-state index contributed by atoms with van der Waals surface area (Å²) in [4.78, 5) is 41.5. The van der Waals surface area contributed by atoms with Gasteiger partial charge in [0.05, 0.1) is 34.9 Å². The zero-order chi connectivity index (χ0) is 21.1. The van der Waals surface area contributed by atoms with E-state index < -0.39 is 5.91 Å². The molecule has 0 saturated carbocycles. The molecule has 0 radical (unpaired) electrons. The first-order valence-electron chi connectivity index (χ1n) is 9.44. The van der Waals surface area contributed by atoms with Gasteiger partial charge in [-0.05, 0) is 36.4 Å². The van der Waals surface area contributed by atoms with Gasteiger partial charge in [0.25, 0.3) is 11.5 Å². The highest BCUT2D eigenvalue weighted by Gasteiger charge is 2.21. The molecule has 1 aliphatic rings. The van der Waals surface area contributed by atoms with Gasteiger partial charge in [-0.2, -0.15) is 0 Å². The Balaban J connectivity index is 1.56. The summed E-state index contributed by atoms with van der Waals surface area (Å²) in [5.74, 6) is -0.872. The standard InChI is InChI=1S/C20H20N4O4S2/c21-17(26)14-7-9-29-18(14)23-16(25)11-30-20-22-15-6-2-1-5-13(15)19(27)24(20)10-12-4-3-8-28-12/h1-2,5-7,9,12H,3-4,8,10-11H2,(H2,21,26)(H,23,25). The summed E-state index contributed by atoms with van der Waals surface area (Å²) in [7, 11) is 0. The quantitative estimate of drug-likeness (QED) is 0.427. The SMILES string of the molecule is NC(=O)c1ccsc1NC(=O)CSc1nc2ccccc2c(=O)n1CC1CCCO1. The van der Waals surface area contributed by atoms with E-state index in [2.05, 4.69) is 10.3 Å². The maximum atomic E-state index is 13.1. The van der Waals surface area contributed by atoms with Gasteiger partial charge in [0.2, 0.25) is 5.91 Å². The van der Waals surface area contributed by atoms with Crippen molar-refractivity contribution >= 4 is 50.8 Å². The van der Waals surface area contributed by atoms with Gasteiger partial charge in [0, 0.05) is 6.61 Å². The second kappa shape index (κ2) is 8.99. The van der Waals surface area contributed by atoms with Crippen LogP contribution < -0.4 is 16.6 Å². The number of ether oxygens (including phenoxy) is 1. The lowest BCUT2D eigenvalue weighted by Crippen LogP contribution is -2.29. The van der Waals surface area contributed by atoms with Crippen LogP contribution in [0.25, 0.3) is 10.9 Å². The Morgan fingerprint density at radius 3 is 2.93 bits per heavy atom. The number of rotatable bonds is 7. The monoisotopic (exact) mass is 444 g/mol. The van der Waals surface area contributed by atoms with Crippen molar-refractivity contribution in [3.05, 3.63) is 51.6 Å². The topological polar surface area (TPSA) is 116 Å². The average Bonchev–Trinajstić information content (AvgIpc) is 3.41. The number of thiophene rings is 1. The van der Waals surface area contributed by atoms with E-state index in [-0.39, 0.29) is 28.9 Å². The number of primary amides is 1. The summed E-state index contributed by atoms with van der Waals surface area (Å²) in [6, 6.07) is 8.73. The first-order valence-corrected chi connectivity index (χ1v) is 11.3. The molecule has 0 spiro atoms. The lowest BCUT2D eigenvalue weighted by atomic mass is 10.2. The van der Waals surface area contributed by atoms with Crippen molar-refractivity contribution in [2.45, 2.75) is 30.6 Å². The first kappa shape index (κ1) is 20.6. The molecule has 3 heterocycles. The van der Waals surface area contributed by atoms with Crippen LogP contribution in [-0.4, -0.2) is 39.8 Å². The number of aromatic nitrogens is 2. The van der Waals surface area contributed by atoms with E-state index in [4.69, 9.17) is 10.5 Å². The predicted molar refractivity (Wildman–Crippen MR) is 117 cm³/mol. The fraction of sp³-hybridized carbons (Fsp3) is 0.300. The fourth-order valence-electron chi connectivity index (χ4n) is 3.30. The number of carbonyl (C=O) groups excluding carboxylic acids is 2. The second-order valence-electron chi connectivity index (χ2n) is 6.83. The zero-order valence-electron chi connectivity index (χ0n) is 16.0. The summed E-state index contributed by atoms with van der Waals surface area (Å²) in [6.07, 6.45) is 1.81. The molecule has 30 heavy (non-hydrogen) atoms. The molecule has 156 valence electrons. The van der Waals surface area contributed by atoms with Crippen molar-refractivity contribution < 1.29 is 14.3 Å². The third-order valence-corrected chi connectivity index (χ3v) is 6.56. The molecule has 1 aromatic carbocycles. The molecule has 1 unspecified atom stereocenters. The molecule has 1 atom stereocenters. The molecule has 3 aromatic rings. The van der Waals surface area contributed by atoms with Crippen LogP contribution in [0.15, 0.2) is 45.7 Å². The van der Waals surface area contributed by atoms with E-state index in [0.29, 0.717) is 34.2 Å². The fourth-order valence-corrected chi connectivity index (χ4v) is 4.92. The molecular formula is C20H20N4O4S2. The lowest BCUT2D eigenvalue weighted by molar-refractivity contribution is -0.113. The van der Waals surface area contributed by atoms with Gasteiger partial charge in [0.15, 0.2) is 5.16 Å². The molecule has 0 bridgehead atoms. The molecule has 10 heteroatoms. The highest BCUT2D eigenvalue weighted by Crippen LogP contribution is 2.24. The average molecular weight is 445 g/mol. The molecule has 2 aromatic heterocycles. The van der Waals surface area contributed by atoms with Crippen LogP contribution in [0.4, 0.5) is 5.00 Å². The number of nitrogens with two attached hydrogens (primary N) is 1. The van der Waals surface area contributed by atoms with Crippen molar-refractivity contribution in [3.63, 3.8) is 0 Å². The van der Waals surface area contributed by atoms with Gasteiger partial charge in [-0.25, -0.2) is 4.98 Å². The molecule has 2 amide bonds. The van der Waals surface area contributed by atoms with Gasteiger partial charge < -0.3 is 15.8 Å². The summed E-state index contributed by atoms with van der Waals surface area (Å²) >= 11 is 2.40. The van der Waals surface area contributed by atoms with Crippen LogP contribution in [0, 0.1) is 0 Å². The van der Waals surface area contributed by atoms with E-state index in [0.717, 1.165) is 12.8 Å².